The standard InChI is InChI=1S/C11H22NO/c1-3-5-7-8-9-11(13)12-10-6-4-2/h1,3-10H2,2H3,(H,12,13). The number of amides is 1. The maximum Gasteiger partial charge on any atom is 0.219 e. The lowest BCUT2D eigenvalue weighted by atomic mass is 10.1. The van der Waals surface area contributed by atoms with E-state index in [1.807, 2.05) is 0 Å². The number of rotatable bonds is 8. The summed E-state index contributed by atoms with van der Waals surface area (Å²) < 4.78 is 0. The molecule has 0 aromatic heterocycles. The third-order valence-corrected chi connectivity index (χ3v) is 2.01. The van der Waals surface area contributed by atoms with Crippen molar-refractivity contribution in [2.45, 2.75) is 51.9 Å². The summed E-state index contributed by atoms with van der Waals surface area (Å²) in [5, 5.41) is 2.91. The molecule has 0 fully saturated rings. The number of hydrogen-bond donors (Lipinski definition) is 1. The summed E-state index contributed by atoms with van der Waals surface area (Å²) >= 11 is 0. The van der Waals surface area contributed by atoms with E-state index in [2.05, 4.69) is 19.2 Å². The van der Waals surface area contributed by atoms with Crippen LogP contribution in [-0.4, -0.2) is 12.5 Å². The first-order valence-electron chi connectivity index (χ1n) is 5.37. The molecule has 1 N–H and O–H groups in total. The number of unbranched alkanes of at least 4 members (excludes halogenated alkanes) is 4. The average Bonchev–Trinajstić information content (AvgIpc) is 2.13. The Morgan fingerprint density at radius 3 is 2.62 bits per heavy atom. The van der Waals surface area contributed by atoms with Gasteiger partial charge in [-0.1, -0.05) is 39.5 Å². The van der Waals surface area contributed by atoms with Gasteiger partial charge in [0.15, 0.2) is 0 Å². The van der Waals surface area contributed by atoms with Gasteiger partial charge in [0, 0.05) is 13.0 Å². The number of carbonyl (C=O) groups is 1. The van der Waals surface area contributed by atoms with Crippen LogP contribution in [0.1, 0.15) is 51.9 Å². The van der Waals surface area contributed by atoms with E-state index in [1.165, 1.54) is 0 Å². The van der Waals surface area contributed by atoms with Crippen LogP contribution in [0.5, 0.6) is 0 Å². The molecule has 0 aliphatic rings. The van der Waals surface area contributed by atoms with Gasteiger partial charge >= 0.3 is 0 Å². The van der Waals surface area contributed by atoms with Crippen LogP contribution >= 0.6 is 0 Å². The molecule has 1 radical (unpaired) electrons. The number of hydrogen-bond acceptors (Lipinski definition) is 1. The minimum absolute atomic E-state index is 0.206. The maximum atomic E-state index is 11.2. The molecule has 2 nitrogen and oxygen atoms in total. The van der Waals surface area contributed by atoms with Crippen molar-refractivity contribution in [3.05, 3.63) is 6.92 Å². The van der Waals surface area contributed by atoms with Gasteiger partial charge in [0.1, 0.15) is 0 Å². The average molecular weight is 184 g/mol. The van der Waals surface area contributed by atoms with E-state index in [9.17, 15) is 4.79 Å². The van der Waals surface area contributed by atoms with Crippen LogP contribution in [0.4, 0.5) is 0 Å². The summed E-state index contributed by atoms with van der Waals surface area (Å²) in [6, 6.07) is 0. The van der Waals surface area contributed by atoms with Crippen LogP contribution in [-0.2, 0) is 4.79 Å². The Labute approximate surface area is 82.1 Å². The Hall–Kier alpha value is -0.530. The lowest BCUT2D eigenvalue weighted by molar-refractivity contribution is -0.121. The van der Waals surface area contributed by atoms with E-state index in [0.29, 0.717) is 6.42 Å². The third-order valence-electron chi connectivity index (χ3n) is 2.01. The first-order chi connectivity index (χ1) is 6.31. The molecular weight excluding hydrogens is 162 g/mol. The second-order valence-corrected chi connectivity index (χ2v) is 3.37. The van der Waals surface area contributed by atoms with Crippen molar-refractivity contribution in [1.82, 2.24) is 5.32 Å². The Kier molecular flexibility index (Phi) is 9.17. The Morgan fingerprint density at radius 1 is 1.23 bits per heavy atom. The highest BCUT2D eigenvalue weighted by atomic mass is 16.1. The van der Waals surface area contributed by atoms with Crippen LogP contribution in [0, 0.1) is 6.92 Å². The summed E-state index contributed by atoms with van der Waals surface area (Å²) in [6.45, 7) is 6.73. The fraction of sp³-hybridized carbons (Fsp3) is 0.818. The molecule has 0 unspecified atom stereocenters. The fourth-order valence-electron chi connectivity index (χ4n) is 1.13. The number of nitrogens with one attached hydrogen (secondary N) is 1. The molecule has 2 heteroatoms. The van der Waals surface area contributed by atoms with Crippen molar-refractivity contribution in [3.8, 4) is 0 Å². The van der Waals surface area contributed by atoms with Crippen molar-refractivity contribution in [3.63, 3.8) is 0 Å². The van der Waals surface area contributed by atoms with E-state index in [4.69, 9.17) is 0 Å². The molecule has 0 aromatic carbocycles. The second kappa shape index (κ2) is 9.56. The van der Waals surface area contributed by atoms with E-state index in [-0.39, 0.29) is 5.91 Å². The molecule has 0 spiro atoms. The van der Waals surface area contributed by atoms with E-state index in [1.54, 1.807) is 0 Å². The smallest absolute Gasteiger partial charge is 0.219 e. The van der Waals surface area contributed by atoms with Crippen molar-refractivity contribution in [1.29, 1.82) is 0 Å². The van der Waals surface area contributed by atoms with Crippen molar-refractivity contribution >= 4 is 5.91 Å². The minimum atomic E-state index is 0.206. The summed E-state index contributed by atoms with van der Waals surface area (Å²) in [5.74, 6) is 0.206. The van der Waals surface area contributed by atoms with Gasteiger partial charge < -0.3 is 5.32 Å². The quantitative estimate of drug-likeness (QED) is 0.577. The van der Waals surface area contributed by atoms with Gasteiger partial charge in [0.2, 0.25) is 5.91 Å². The van der Waals surface area contributed by atoms with Crippen LogP contribution in [0.2, 0.25) is 0 Å². The highest BCUT2D eigenvalue weighted by Gasteiger charge is 1.98. The SMILES string of the molecule is [CH2]CCCCCC(=O)NCCCC. The van der Waals surface area contributed by atoms with Gasteiger partial charge in [-0.15, -0.1) is 0 Å². The molecule has 0 aliphatic carbocycles. The molecule has 77 valence electrons. The van der Waals surface area contributed by atoms with Crippen LogP contribution in [0.25, 0.3) is 0 Å². The molecular formula is C11H22NO. The van der Waals surface area contributed by atoms with Gasteiger partial charge in [0.05, 0.1) is 0 Å². The Bertz CT molecular complexity index is 123. The first kappa shape index (κ1) is 12.5. The molecule has 0 saturated carbocycles. The minimum Gasteiger partial charge on any atom is -0.356 e. The van der Waals surface area contributed by atoms with Gasteiger partial charge in [-0.25, -0.2) is 0 Å². The van der Waals surface area contributed by atoms with Crippen LogP contribution in [0.3, 0.4) is 0 Å². The molecule has 0 rings (SSSR count). The van der Waals surface area contributed by atoms with Gasteiger partial charge in [-0.2, -0.15) is 0 Å². The zero-order valence-corrected chi connectivity index (χ0v) is 8.77. The third kappa shape index (κ3) is 9.38. The van der Waals surface area contributed by atoms with Gasteiger partial charge in [-0.3, -0.25) is 4.79 Å². The lowest BCUT2D eigenvalue weighted by Crippen LogP contribution is -2.23. The fourth-order valence-corrected chi connectivity index (χ4v) is 1.13. The molecule has 0 heterocycles. The Balaban J connectivity index is 3.11. The predicted molar refractivity (Wildman–Crippen MR) is 56.4 cm³/mol. The van der Waals surface area contributed by atoms with Crippen molar-refractivity contribution in [2.75, 3.05) is 6.54 Å². The highest BCUT2D eigenvalue weighted by Crippen LogP contribution is 2.01. The zero-order chi connectivity index (χ0) is 9.94. The van der Waals surface area contributed by atoms with E-state index < -0.39 is 0 Å². The van der Waals surface area contributed by atoms with Crippen LogP contribution < -0.4 is 5.32 Å². The summed E-state index contributed by atoms with van der Waals surface area (Å²) in [7, 11) is 0. The zero-order valence-electron chi connectivity index (χ0n) is 8.77. The lowest BCUT2D eigenvalue weighted by Gasteiger charge is -2.03. The van der Waals surface area contributed by atoms with Crippen molar-refractivity contribution in [2.24, 2.45) is 0 Å². The van der Waals surface area contributed by atoms with Gasteiger partial charge in [-0.05, 0) is 12.8 Å². The summed E-state index contributed by atoms with van der Waals surface area (Å²) in [6.07, 6.45) is 7.17. The molecule has 0 aromatic rings. The van der Waals surface area contributed by atoms with E-state index in [0.717, 1.165) is 45.1 Å². The second-order valence-electron chi connectivity index (χ2n) is 3.37. The normalized spacial score (nSPS) is 10.0. The number of carbonyl (C=O) groups excluding carboxylic acids is 1. The van der Waals surface area contributed by atoms with E-state index >= 15 is 0 Å². The molecule has 0 atom stereocenters. The Morgan fingerprint density at radius 2 is 2.00 bits per heavy atom. The summed E-state index contributed by atoms with van der Waals surface area (Å²) in [5.41, 5.74) is 0. The highest BCUT2D eigenvalue weighted by molar-refractivity contribution is 5.75. The molecule has 0 aliphatic heterocycles. The predicted octanol–water partition coefficient (Wildman–Crippen LogP) is 2.69. The largest absolute Gasteiger partial charge is 0.356 e. The topological polar surface area (TPSA) is 29.1 Å². The maximum absolute atomic E-state index is 11.2. The molecule has 1 amide bonds. The molecule has 0 saturated heterocycles. The van der Waals surface area contributed by atoms with Crippen LogP contribution in [0.15, 0.2) is 0 Å². The van der Waals surface area contributed by atoms with Crippen molar-refractivity contribution < 1.29 is 4.79 Å². The van der Waals surface area contributed by atoms with Gasteiger partial charge in [0.25, 0.3) is 0 Å². The molecule has 0 bridgehead atoms. The first-order valence-corrected chi connectivity index (χ1v) is 5.37. The molecule has 13 heavy (non-hydrogen) atoms. The summed E-state index contributed by atoms with van der Waals surface area (Å²) in [4.78, 5) is 11.2. The monoisotopic (exact) mass is 184 g/mol.